The van der Waals surface area contributed by atoms with Gasteiger partial charge in [0, 0.05) is 39.1 Å². The van der Waals surface area contributed by atoms with Gasteiger partial charge in [0.25, 0.3) is 0 Å². The zero-order valence-corrected chi connectivity index (χ0v) is 15.1. The normalized spacial score (nSPS) is 21.3. The van der Waals surface area contributed by atoms with Gasteiger partial charge in [-0.1, -0.05) is 19.1 Å². The van der Waals surface area contributed by atoms with Crippen molar-refractivity contribution in [2.75, 3.05) is 45.9 Å². The van der Waals surface area contributed by atoms with E-state index in [4.69, 9.17) is 4.74 Å². The number of piperidine rings is 1. The first-order chi connectivity index (χ1) is 12.1. The molecule has 1 amide bonds. The van der Waals surface area contributed by atoms with E-state index >= 15 is 0 Å². The van der Waals surface area contributed by atoms with Gasteiger partial charge in [-0.05, 0) is 42.4 Å². The number of hydrogen-bond acceptors (Lipinski definition) is 3. The first kappa shape index (κ1) is 18.3. The molecule has 5 heteroatoms. The lowest BCUT2D eigenvalue weighted by Gasteiger charge is -2.36. The highest BCUT2D eigenvalue weighted by Gasteiger charge is 2.25. The Bertz CT molecular complexity index is 549. The smallest absolute Gasteiger partial charge is 0.223 e. The fraction of sp³-hybridized carbons (Fsp3) is 0.650. The van der Waals surface area contributed by atoms with Gasteiger partial charge in [-0.15, -0.1) is 0 Å². The van der Waals surface area contributed by atoms with E-state index in [-0.39, 0.29) is 17.6 Å². The Labute approximate surface area is 149 Å². The second kappa shape index (κ2) is 8.77. The Balaban J connectivity index is 1.42. The van der Waals surface area contributed by atoms with Gasteiger partial charge in [0.1, 0.15) is 5.82 Å². The summed E-state index contributed by atoms with van der Waals surface area (Å²) in [5.41, 5.74) is 1.02. The minimum atomic E-state index is -0.232. The van der Waals surface area contributed by atoms with Crippen LogP contribution in [0.15, 0.2) is 24.3 Å². The SMILES string of the molecule is CC(CC(=O)N1CCC(CN2CCOCC2)CC1)c1ccc(F)cc1. The molecule has 25 heavy (non-hydrogen) atoms. The first-order valence-corrected chi connectivity index (χ1v) is 9.45. The number of ether oxygens (including phenoxy) is 1. The summed E-state index contributed by atoms with van der Waals surface area (Å²) >= 11 is 0. The molecule has 1 atom stereocenters. The molecule has 1 aromatic rings. The van der Waals surface area contributed by atoms with E-state index in [2.05, 4.69) is 4.90 Å². The van der Waals surface area contributed by atoms with Crippen LogP contribution in [-0.2, 0) is 9.53 Å². The molecular formula is C20H29FN2O2. The number of amides is 1. The molecule has 2 aliphatic rings. The average molecular weight is 348 g/mol. The minimum absolute atomic E-state index is 0.124. The lowest BCUT2D eigenvalue weighted by molar-refractivity contribution is -0.133. The van der Waals surface area contributed by atoms with Gasteiger partial charge in [0.15, 0.2) is 0 Å². The van der Waals surface area contributed by atoms with Crippen molar-refractivity contribution in [1.82, 2.24) is 9.80 Å². The highest BCUT2D eigenvalue weighted by molar-refractivity contribution is 5.77. The van der Waals surface area contributed by atoms with Gasteiger partial charge in [-0.25, -0.2) is 4.39 Å². The molecule has 0 saturated carbocycles. The molecule has 1 aromatic carbocycles. The van der Waals surface area contributed by atoms with Crippen LogP contribution in [0.2, 0.25) is 0 Å². The topological polar surface area (TPSA) is 32.8 Å². The fourth-order valence-electron chi connectivity index (χ4n) is 3.81. The molecule has 2 aliphatic heterocycles. The number of morpholine rings is 1. The Hall–Kier alpha value is -1.46. The summed E-state index contributed by atoms with van der Waals surface area (Å²) in [7, 11) is 0. The summed E-state index contributed by atoms with van der Waals surface area (Å²) in [6.07, 6.45) is 2.68. The van der Waals surface area contributed by atoms with Crippen molar-refractivity contribution in [3.05, 3.63) is 35.6 Å². The quantitative estimate of drug-likeness (QED) is 0.820. The maximum atomic E-state index is 13.0. The molecule has 1 unspecified atom stereocenters. The second-order valence-corrected chi connectivity index (χ2v) is 7.39. The van der Waals surface area contributed by atoms with E-state index in [1.165, 1.54) is 12.1 Å². The van der Waals surface area contributed by atoms with Crippen molar-refractivity contribution in [3.63, 3.8) is 0 Å². The van der Waals surface area contributed by atoms with Gasteiger partial charge < -0.3 is 9.64 Å². The van der Waals surface area contributed by atoms with E-state index in [0.29, 0.717) is 12.3 Å². The number of likely N-dealkylation sites (tertiary alicyclic amines) is 1. The van der Waals surface area contributed by atoms with Crippen molar-refractivity contribution >= 4 is 5.91 Å². The molecule has 4 nitrogen and oxygen atoms in total. The molecular weight excluding hydrogens is 319 g/mol. The van der Waals surface area contributed by atoms with E-state index in [1.54, 1.807) is 12.1 Å². The zero-order chi connectivity index (χ0) is 17.6. The van der Waals surface area contributed by atoms with Crippen LogP contribution in [0, 0.1) is 11.7 Å². The van der Waals surface area contributed by atoms with Crippen molar-refractivity contribution in [1.29, 1.82) is 0 Å². The van der Waals surface area contributed by atoms with Gasteiger partial charge in [0.2, 0.25) is 5.91 Å². The van der Waals surface area contributed by atoms with Crippen LogP contribution in [-0.4, -0.2) is 61.6 Å². The highest BCUT2D eigenvalue weighted by atomic mass is 19.1. The van der Waals surface area contributed by atoms with Crippen LogP contribution in [0.5, 0.6) is 0 Å². The lowest BCUT2D eigenvalue weighted by atomic mass is 9.94. The number of carbonyl (C=O) groups excluding carboxylic acids is 1. The summed E-state index contributed by atoms with van der Waals surface area (Å²) in [6.45, 7) is 8.67. The molecule has 2 saturated heterocycles. The van der Waals surface area contributed by atoms with Crippen LogP contribution >= 0.6 is 0 Å². The number of carbonyl (C=O) groups is 1. The third-order valence-corrected chi connectivity index (χ3v) is 5.51. The predicted molar refractivity (Wildman–Crippen MR) is 96.0 cm³/mol. The third-order valence-electron chi connectivity index (χ3n) is 5.51. The van der Waals surface area contributed by atoms with Crippen molar-refractivity contribution < 1.29 is 13.9 Å². The molecule has 0 spiro atoms. The van der Waals surface area contributed by atoms with Crippen molar-refractivity contribution in [2.45, 2.75) is 32.1 Å². The number of hydrogen-bond donors (Lipinski definition) is 0. The highest BCUT2D eigenvalue weighted by Crippen LogP contribution is 2.24. The number of halogens is 1. The molecule has 0 bridgehead atoms. The molecule has 138 valence electrons. The van der Waals surface area contributed by atoms with Gasteiger partial charge >= 0.3 is 0 Å². The summed E-state index contributed by atoms with van der Waals surface area (Å²) in [5, 5.41) is 0. The third kappa shape index (κ3) is 5.25. The summed E-state index contributed by atoms with van der Waals surface area (Å²) in [4.78, 5) is 17.1. The molecule has 3 rings (SSSR count). The van der Waals surface area contributed by atoms with Crippen LogP contribution < -0.4 is 0 Å². The van der Waals surface area contributed by atoms with Gasteiger partial charge in [-0.3, -0.25) is 9.69 Å². The molecule has 2 fully saturated rings. The van der Waals surface area contributed by atoms with Crippen LogP contribution in [0.25, 0.3) is 0 Å². The maximum absolute atomic E-state index is 13.0. The summed E-state index contributed by atoms with van der Waals surface area (Å²) in [5.74, 6) is 0.808. The van der Waals surface area contributed by atoms with Crippen molar-refractivity contribution in [2.24, 2.45) is 5.92 Å². The fourth-order valence-corrected chi connectivity index (χ4v) is 3.81. The van der Waals surface area contributed by atoms with Gasteiger partial charge in [0.05, 0.1) is 13.2 Å². The summed E-state index contributed by atoms with van der Waals surface area (Å²) < 4.78 is 18.4. The van der Waals surface area contributed by atoms with E-state index < -0.39 is 0 Å². The van der Waals surface area contributed by atoms with E-state index in [9.17, 15) is 9.18 Å². The molecule has 0 radical (unpaired) electrons. The average Bonchev–Trinajstić information content (AvgIpc) is 2.63. The van der Waals surface area contributed by atoms with Crippen molar-refractivity contribution in [3.8, 4) is 0 Å². The molecule has 0 aromatic heterocycles. The monoisotopic (exact) mass is 348 g/mol. The van der Waals surface area contributed by atoms with Gasteiger partial charge in [-0.2, -0.15) is 0 Å². The first-order valence-electron chi connectivity index (χ1n) is 9.45. The standard InChI is InChI=1S/C20H29FN2O2/c1-16(18-2-4-19(21)5-3-18)14-20(24)23-8-6-17(7-9-23)15-22-10-12-25-13-11-22/h2-5,16-17H,6-15H2,1H3. The van der Waals surface area contributed by atoms with E-state index in [1.807, 2.05) is 11.8 Å². The Morgan fingerprint density at radius 3 is 2.44 bits per heavy atom. The Kier molecular flexibility index (Phi) is 6.43. The van der Waals surface area contributed by atoms with E-state index in [0.717, 1.165) is 64.3 Å². The predicted octanol–water partition coefficient (Wildman–Crippen LogP) is 2.89. The molecule has 2 heterocycles. The Morgan fingerprint density at radius 1 is 1.16 bits per heavy atom. The Morgan fingerprint density at radius 2 is 1.80 bits per heavy atom. The molecule has 0 N–H and O–H groups in total. The maximum Gasteiger partial charge on any atom is 0.223 e. The van der Waals surface area contributed by atoms with Crippen LogP contribution in [0.3, 0.4) is 0 Å². The van der Waals surface area contributed by atoms with Crippen LogP contribution in [0.4, 0.5) is 4.39 Å². The largest absolute Gasteiger partial charge is 0.379 e. The lowest BCUT2D eigenvalue weighted by Crippen LogP contribution is -2.44. The second-order valence-electron chi connectivity index (χ2n) is 7.39. The molecule has 0 aliphatic carbocycles. The number of rotatable bonds is 5. The minimum Gasteiger partial charge on any atom is -0.379 e. The number of nitrogens with zero attached hydrogens (tertiary/aromatic N) is 2. The number of benzene rings is 1. The van der Waals surface area contributed by atoms with Crippen LogP contribution in [0.1, 0.15) is 37.7 Å². The summed E-state index contributed by atoms with van der Waals surface area (Å²) in [6, 6.07) is 6.49. The zero-order valence-electron chi connectivity index (χ0n) is 15.1.